The second kappa shape index (κ2) is 29.8. The highest BCUT2D eigenvalue weighted by Gasteiger charge is 2.25. The normalized spacial score (nSPS) is 11.5. The Labute approximate surface area is 687 Å². The van der Waals surface area contributed by atoms with E-state index in [1.165, 1.54) is 32.5 Å². The van der Waals surface area contributed by atoms with E-state index in [4.69, 9.17) is 13.3 Å². The van der Waals surface area contributed by atoms with Gasteiger partial charge in [-0.05, 0) is 242 Å². The average molecular weight is 1520 g/mol. The SMILES string of the molecule is c1ccc(N(c2ccccc2)c2ccc(-c3ccc4c(c3)oc3c5ccc(-c6ccc(N(c7ccccc7)c7ccccc7)cc6)cc5c5ccccc5c43)cc2)cc1.c1ccc(N(c2ccccc2)c2ccc3c(c2)c2ccccc2c2c4ccc(-c5cccc6c5oc5c(N(c7ccccc7)c7ccccc7)cccc56)cc4oc32)cc1. The van der Waals surface area contributed by atoms with Gasteiger partial charge >= 0.3 is 0 Å². The van der Waals surface area contributed by atoms with Crippen LogP contribution in [0.4, 0.5) is 68.2 Å². The summed E-state index contributed by atoms with van der Waals surface area (Å²) in [6.07, 6.45) is 0. The van der Waals surface area contributed by atoms with E-state index in [0.29, 0.717) is 0 Å². The third kappa shape index (κ3) is 12.5. The van der Waals surface area contributed by atoms with Crippen molar-refractivity contribution in [1.29, 1.82) is 0 Å². The fraction of sp³-hybridized carbons (Fsp3) is 0. The maximum absolute atomic E-state index is 7.00. The van der Waals surface area contributed by atoms with E-state index in [9.17, 15) is 0 Å². The number of furan rings is 3. The number of hydrogen-bond acceptors (Lipinski definition) is 7. The largest absolute Gasteiger partial charge is 0.455 e. The molecule has 20 aromatic carbocycles. The van der Waals surface area contributed by atoms with Crippen LogP contribution < -0.4 is 19.6 Å². The molecule has 23 rings (SSSR count). The highest BCUT2D eigenvalue weighted by atomic mass is 16.3. The number of fused-ring (bicyclic) bond motifs is 19. The molecule has 0 fully saturated rings. The number of para-hydroxylation sites is 10. The molecule has 3 heterocycles. The fourth-order valence-corrected chi connectivity index (χ4v) is 17.8. The van der Waals surface area contributed by atoms with Gasteiger partial charge in [-0.3, -0.25) is 0 Å². The topological polar surface area (TPSA) is 52.4 Å². The third-order valence-corrected chi connectivity index (χ3v) is 23.2. The van der Waals surface area contributed by atoms with E-state index < -0.39 is 0 Å². The Balaban J connectivity index is 0.000000143. The zero-order valence-corrected chi connectivity index (χ0v) is 64.7. The highest BCUT2D eigenvalue weighted by molar-refractivity contribution is 6.32. The van der Waals surface area contributed by atoms with Gasteiger partial charge in [0.25, 0.3) is 0 Å². The van der Waals surface area contributed by atoms with Gasteiger partial charge in [0.1, 0.15) is 27.9 Å². The Bertz CT molecular complexity index is 7540. The molecule has 0 unspecified atom stereocenters. The van der Waals surface area contributed by atoms with Crippen LogP contribution in [0.15, 0.2) is 462 Å². The molecule has 119 heavy (non-hydrogen) atoms. The summed E-state index contributed by atoms with van der Waals surface area (Å²) >= 11 is 0. The van der Waals surface area contributed by atoms with Crippen LogP contribution in [0, 0.1) is 0 Å². The first-order chi connectivity index (χ1) is 59.0. The van der Waals surface area contributed by atoms with Crippen molar-refractivity contribution >= 4 is 177 Å². The summed E-state index contributed by atoms with van der Waals surface area (Å²) in [5, 5.41) is 15.9. The summed E-state index contributed by atoms with van der Waals surface area (Å²) in [4.78, 5) is 9.16. The molecule has 7 heteroatoms. The Morgan fingerprint density at radius 2 is 0.429 bits per heavy atom. The van der Waals surface area contributed by atoms with E-state index in [0.717, 1.165) is 178 Å². The first kappa shape index (κ1) is 69.7. The van der Waals surface area contributed by atoms with Crippen LogP contribution >= 0.6 is 0 Å². The summed E-state index contributed by atoms with van der Waals surface area (Å²) in [6, 6.07) is 159. The van der Waals surface area contributed by atoms with Gasteiger partial charge < -0.3 is 32.9 Å². The van der Waals surface area contributed by atoms with Crippen LogP contribution in [-0.4, -0.2) is 0 Å². The standard InChI is InChI=1S/C56H36N2O2.C56H38N2O/c1-5-17-38(18-6-1)57(39-19-7-2-8-20-39)42-32-34-48-50(36-42)44-25-13-14-26-45(44)53-49-33-31-37(35-52(49)59-56(48)53)43-27-15-28-46-47-29-16-30-51(55(47)60-54(43)46)58(40-21-9-3-10-22-40)41-23-11-4-12-24-41;1-5-15-43(16-6-1)57(44-17-7-2-8-18-44)47-31-25-39(26-32-47)41-29-35-51-53(37-41)49-23-13-14-24-50(49)55-52-36-30-42(38-54(52)59-56(51)55)40-27-33-48(34-28-40)58(45-19-9-3-10-20-45)46-21-11-4-12-22-46/h1-36H;1-38H. The van der Waals surface area contributed by atoms with Gasteiger partial charge in [-0.25, -0.2) is 0 Å². The van der Waals surface area contributed by atoms with Crippen molar-refractivity contribution in [2.75, 3.05) is 19.6 Å². The third-order valence-electron chi connectivity index (χ3n) is 23.2. The lowest BCUT2D eigenvalue weighted by Crippen LogP contribution is -2.09. The van der Waals surface area contributed by atoms with Crippen molar-refractivity contribution < 1.29 is 13.3 Å². The number of benzene rings is 20. The molecule has 0 aliphatic carbocycles. The molecule has 0 radical (unpaired) electrons. The van der Waals surface area contributed by atoms with Gasteiger partial charge in [0.05, 0.1) is 5.69 Å². The molecule has 23 aromatic rings. The number of anilines is 12. The highest BCUT2D eigenvalue weighted by Crippen LogP contribution is 2.50. The molecule has 0 aliphatic heterocycles. The molecule has 0 saturated carbocycles. The lowest BCUT2D eigenvalue weighted by atomic mass is 9.93. The smallest absolute Gasteiger partial charge is 0.159 e. The summed E-state index contributed by atoms with van der Waals surface area (Å²) < 4.78 is 20.8. The maximum atomic E-state index is 7.00. The number of rotatable bonds is 15. The van der Waals surface area contributed by atoms with Crippen molar-refractivity contribution in [2.24, 2.45) is 0 Å². The molecule has 0 spiro atoms. The van der Waals surface area contributed by atoms with Crippen LogP contribution in [0.1, 0.15) is 0 Å². The van der Waals surface area contributed by atoms with E-state index in [1.807, 2.05) is 12.1 Å². The molecule has 0 aliphatic rings. The summed E-state index contributed by atoms with van der Waals surface area (Å²) in [5.74, 6) is 0. The molecule has 0 N–H and O–H groups in total. The monoisotopic (exact) mass is 1520 g/mol. The molecule has 0 atom stereocenters. The summed E-state index contributed by atoms with van der Waals surface area (Å²) in [5.41, 5.74) is 25.0. The number of nitrogens with zero attached hydrogens (tertiary/aromatic N) is 4. The molecule has 0 bridgehead atoms. The first-order valence-electron chi connectivity index (χ1n) is 40.4. The second-order valence-corrected chi connectivity index (χ2v) is 30.2. The second-order valence-electron chi connectivity index (χ2n) is 30.2. The van der Waals surface area contributed by atoms with Gasteiger partial charge in [0, 0.05) is 111 Å². The van der Waals surface area contributed by atoms with Gasteiger partial charge in [0.15, 0.2) is 5.58 Å². The predicted molar refractivity (Wildman–Crippen MR) is 500 cm³/mol. The van der Waals surface area contributed by atoms with Crippen LogP contribution in [0.2, 0.25) is 0 Å². The predicted octanol–water partition coefficient (Wildman–Crippen LogP) is 32.6. The Morgan fingerprint density at radius 3 is 0.857 bits per heavy atom. The van der Waals surface area contributed by atoms with Crippen LogP contribution in [0.3, 0.4) is 0 Å². The van der Waals surface area contributed by atoms with Gasteiger partial charge in [-0.2, -0.15) is 0 Å². The van der Waals surface area contributed by atoms with Gasteiger partial charge in [-0.15, -0.1) is 0 Å². The lowest BCUT2D eigenvalue weighted by molar-refractivity contribution is 0.669. The minimum Gasteiger partial charge on any atom is -0.455 e. The molecule has 3 aromatic heterocycles. The summed E-state index contributed by atoms with van der Waals surface area (Å²) in [7, 11) is 0. The van der Waals surface area contributed by atoms with E-state index >= 15 is 0 Å². The molecule has 0 saturated heterocycles. The average Bonchev–Trinajstić information content (AvgIpc) is 1.60. The fourth-order valence-electron chi connectivity index (χ4n) is 17.8. The van der Waals surface area contributed by atoms with Crippen LogP contribution in [0.25, 0.3) is 142 Å². The Kier molecular flexibility index (Phi) is 17.4. The Hall–Kier alpha value is -16.0. The van der Waals surface area contributed by atoms with Crippen molar-refractivity contribution in [1.82, 2.24) is 0 Å². The van der Waals surface area contributed by atoms with Crippen molar-refractivity contribution in [2.45, 2.75) is 0 Å². The zero-order valence-electron chi connectivity index (χ0n) is 64.7. The minimum atomic E-state index is 0.840. The van der Waals surface area contributed by atoms with Crippen molar-refractivity contribution in [3.63, 3.8) is 0 Å². The minimum absolute atomic E-state index is 0.840. The molecule has 560 valence electrons. The van der Waals surface area contributed by atoms with Gasteiger partial charge in [0.2, 0.25) is 0 Å². The molecular formula is C112H74N4O3. The van der Waals surface area contributed by atoms with Crippen LogP contribution in [-0.2, 0) is 0 Å². The van der Waals surface area contributed by atoms with Crippen molar-refractivity contribution in [3.05, 3.63) is 449 Å². The molecular weight excluding hydrogens is 1450 g/mol. The summed E-state index contributed by atoms with van der Waals surface area (Å²) in [6.45, 7) is 0. The first-order valence-corrected chi connectivity index (χ1v) is 40.4. The molecule has 0 amide bonds. The Morgan fingerprint density at radius 1 is 0.143 bits per heavy atom. The van der Waals surface area contributed by atoms with Gasteiger partial charge in [-0.1, -0.05) is 267 Å². The molecule has 7 nitrogen and oxygen atoms in total. The zero-order chi connectivity index (χ0) is 78.7. The van der Waals surface area contributed by atoms with Crippen molar-refractivity contribution in [3.8, 4) is 33.4 Å². The van der Waals surface area contributed by atoms with E-state index in [-0.39, 0.29) is 0 Å². The quantitative estimate of drug-likeness (QED) is 0.0948. The van der Waals surface area contributed by atoms with Crippen LogP contribution in [0.5, 0.6) is 0 Å². The number of hydrogen-bond donors (Lipinski definition) is 0. The van der Waals surface area contributed by atoms with E-state index in [2.05, 4.69) is 456 Å². The maximum Gasteiger partial charge on any atom is 0.159 e. The lowest BCUT2D eigenvalue weighted by Gasteiger charge is -2.26. The van der Waals surface area contributed by atoms with E-state index in [1.54, 1.807) is 0 Å².